The Morgan fingerprint density at radius 3 is 2.57 bits per heavy atom. The van der Waals surface area contributed by atoms with Crippen LogP contribution in [0.3, 0.4) is 0 Å². The van der Waals surface area contributed by atoms with Crippen LogP contribution in [0.2, 0.25) is 0 Å². The normalized spacial score (nSPS) is 20.8. The number of amides is 1. The van der Waals surface area contributed by atoms with E-state index in [4.69, 9.17) is 4.74 Å². The number of nitrogens with zero attached hydrogens (tertiary/aromatic N) is 3. The third-order valence-corrected chi connectivity index (χ3v) is 7.47. The Morgan fingerprint density at radius 2 is 1.83 bits per heavy atom. The molecule has 3 heterocycles. The third-order valence-electron chi connectivity index (χ3n) is 5.59. The van der Waals surface area contributed by atoms with Gasteiger partial charge in [0, 0.05) is 38.3 Å². The van der Waals surface area contributed by atoms with Crippen LogP contribution in [0.15, 0.2) is 47.5 Å². The second-order valence-electron chi connectivity index (χ2n) is 7.50. The van der Waals surface area contributed by atoms with Crippen LogP contribution in [0.5, 0.6) is 0 Å². The summed E-state index contributed by atoms with van der Waals surface area (Å²) in [5.41, 5.74) is 1.15. The van der Waals surface area contributed by atoms with Crippen molar-refractivity contribution in [2.45, 2.75) is 23.7 Å². The predicted octanol–water partition coefficient (Wildman–Crippen LogP) is 2.26. The molecule has 160 valence electrons. The fraction of sp³-hybridized carbons (Fsp3) is 0.429. The molecular weight excluding hydrogens is 409 g/mol. The molecule has 0 N–H and O–H groups in total. The van der Waals surface area contributed by atoms with Crippen LogP contribution in [0.25, 0.3) is 0 Å². The zero-order valence-electron chi connectivity index (χ0n) is 16.5. The minimum Gasteiger partial charge on any atom is -0.378 e. The SMILES string of the molecule is O=C(c1cccnc1[C@@H]1CCCN(S(=O)(=O)c2ccc(F)cc2)C1)N1CCOCC1. The maximum Gasteiger partial charge on any atom is 0.255 e. The summed E-state index contributed by atoms with van der Waals surface area (Å²) in [6, 6.07) is 8.34. The number of morpholine rings is 1. The standard InChI is InChI=1S/C21H24FN3O4S/c22-17-5-7-18(8-6-17)30(27,28)25-10-2-3-16(15-25)20-19(4-1-9-23-20)21(26)24-11-13-29-14-12-24/h1,4-9,16H,2-3,10-15H2/t16-/m1/s1. The highest BCUT2D eigenvalue weighted by molar-refractivity contribution is 7.89. The summed E-state index contributed by atoms with van der Waals surface area (Å²) in [6.07, 6.45) is 3.04. The van der Waals surface area contributed by atoms with Crippen LogP contribution in [0.1, 0.15) is 34.8 Å². The van der Waals surface area contributed by atoms with Gasteiger partial charge < -0.3 is 9.64 Å². The second kappa shape index (κ2) is 8.79. The highest BCUT2D eigenvalue weighted by Gasteiger charge is 2.33. The van der Waals surface area contributed by atoms with Crippen LogP contribution in [0.4, 0.5) is 4.39 Å². The first-order valence-corrected chi connectivity index (χ1v) is 11.5. The highest BCUT2D eigenvalue weighted by Crippen LogP contribution is 2.31. The van der Waals surface area contributed by atoms with Gasteiger partial charge in [0.05, 0.1) is 29.4 Å². The van der Waals surface area contributed by atoms with Crippen LogP contribution in [-0.2, 0) is 14.8 Å². The van der Waals surface area contributed by atoms with E-state index in [1.54, 1.807) is 23.2 Å². The Balaban J connectivity index is 1.58. The van der Waals surface area contributed by atoms with Crippen molar-refractivity contribution in [3.8, 4) is 0 Å². The Bertz CT molecular complexity index is 1010. The van der Waals surface area contributed by atoms with Crippen molar-refractivity contribution in [3.05, 3.63) is 59.7 Å². The van der Waals surface area contributed by atoms with Crippen LogP contribution < -0.4 is 0 Å². The fourth-order valence-electron chi connectivity index (χ4n) is 4.00. The Labute approximate surface area is 175 Å². The Morgan fingerprint density at radius 1 is 1.10 bits per heavy atom. The first kappa shape index (κ1) is 20.9. The quantitative estimate of drug-likeness (QED) is 0.739. The minimum absolute atomic E-state index is 0.0650. The summed E-state index contributed by atoms with van der Waals surface area (Å²) in [5.74, 6) is -0.764. The molecule has 2 aliphatic rings. The topological polar surface area (TPSA) is 79.8 Å². The van der Waals surface area contributed by atoms with Crippen molar-refractivity contribution in [1.82, 2.24) is 14.2 Å². The van der Waals surface area contributed by atoms with Gasteiger partial charge in [-0.15, -0.1) is 0 Å². The van der Waals surface area contributed by atoms with E-state index in [1.165, 1.54) is 16.4 Å². The number of hydrogen-bond acceptors (Lipinski definition) is 5. The van der Waals surface area contributed by atoms with Crippen LogP contribution >= 0.6 is 0 Å². The Hall–Kier alpha value is -2.36. The smallest absolute Gasteiger partial charge is 0.255 e. The van der Waals surface area contributed by atoms with E-state index in [0.717, 1.165) is 18.6 Å². The van der Waals surface area contributed by atoms with Crippen molar-refractivity contribution in [1.29, 1.82) is 0 Å². The number of halogens is 1. The molecule has 4 rings (SSSR count). The first-order chi connectivity index (χ1) is 14.5. The van der Waals surface area contributed by atoms with Gasteiger partial charge in [0.15, 0.2) is 0 Å². The summed E-state index contributed by atoms with van der Waals surface area (Å²) < 4.78 is 46.0. The summed E-state index contributed by atoms with van der Waals surface area (Å²) in [7, 11) is -3.75. The number of ether oxygens (including phenoxy) is 1. The third kappa shape index (κ3) is 4.23. The lowest BCUT2D eigenvalue weighted by Crippen LogP contribution is -2.42. The molecule has 2 aliphatic heterocycles. The summed E-state index contributed by atoms with van der Waals surface area (Å²) in [6.45, 7) is 2.70. The molecule has 0 aliphatic carbocycles. The molecule has 0 radical (unpaired) electrons. The lowest BCUT2D eigenvalue weighted by atomic mass is 9.92. The van der Waals surface area contributed by atoms with Gasteiger partial charge in [0.25, 0.3) is 5.91 Å². The van der Waals surface area contributed by atoms with E-state index in [1.807, 2.05) is 0 Å². The van der Waals surface area contributed by atoms with Gasteiger partial charge in [-0.2, -0.15) is 4.31 Å². The number of rotatable bonds is 4. The number of aromatic nitrogens is 1. The molecule has 2 fully saturated rings. The van der Waals surface area contributed by atoms with E-state index in [2.05, 4.69) is 4.98 Å². The number of sulfonamides is 1. The zero-order valence-corrected chi connectivity index (χ0v) is 17.4. The minimum atomic E-state index is -3.75. The summed E-state index contributed by atoms with van der Waals surface area (Å²) in [4.78, 5) is 19.3. The number of hydrogen-bond donors (Lipinski definition) is 0. The molecule has 1 atom stereocenters. The Kier molecular flexibility index (Phi) is 6.12. The number of pyridine rings is 1. The molecule has 0 bridgehead atoms. The van der Waals surface area contributed by atoms with E-state index >= 15 is 0 Å². The van der Waals surface area contributed by atoms with Gasteiger partial charge in [-0.3, -0.25) is 9.78 Å². The number of carbonyl (C=O) groups excluding carboxylic acids is 1. The fourth-order valence-corrected chi connectivity index (χ4v) is 5.52. The maximum atomic E-state index is 13.2. The highest BCUT2D eigenvalue weighted by atomic mass is 32.2. The van der Waals surface area contributed by atoms with Crippen molar-refractivity contribution in [2.75, 3.05) is 39.4 Å². The first-order valence-electron chi connectivity index (χ1n) is 10.0. The largest absolute Gasteiger partial charge is 0.378 e. The molecule has 9 heteroatoms. The molecule has 30 heavy (non-hydrogen) atoms. The molecule has 2 saturated heterocycles. The molecule has 0 unspecified atom stereocenters. The average molecular weight is 434 g/mol. The second-order valence-corrected chi connectivity index (χ2v) is 9.43. The molecule has 0 spiro atoms. The number of carbonyl (C=O) groups is 1. The predicted molar refractivity (Wildman–Crippen MR) is 108 cm³/mol. The lowest BCUT2D eigenvalue weighted by Gasteiger charge is -2.33. The van der Waals surface area contributed by atoms with Gasteiger partial charge in [-0.25, -0.2) is 12.8 Å². The van der Waals surface area contributed by atoms with Gasteiger partial charge in [0.2, 0.25) is 10.0 Å². The van der Waals surface area contributed by atoms with Crippen LogP contribution in [-0.4, -0.2) is 67.9 Å². The van der Waals surface area contributed by atoms with E-state index in [0.29, 0.717) is 50.5 Å². The average Bonchev–Trinajstić information content (AvgIpc) is 2.79. The van der Waals surface area contributed by atoms with Crippen molar-refractivity contribution in [2.24, 2.45) is 0 Å². The molecule has 7 nitrogen and oxygen atoms in total. The lowest BCUT2D eigenvalue weighted by molar-refractivity contribution is 0.0301. The molecule has 1 aromatic carbocycles. The van der Waals surface area contributed by atoms with Gasteiger partial charge >= 0.3 is 0 Å². The van der Waals surface area contributed by atoms with Crippen molar-refractivity contribution in [3.63, 3.8) is 0 Å². The summed E-state index contributed by atoms with van der Waals surface area (Å²) >= 11 is 0. The monoisotopic (exact) mass is 433 g/mol. The maximum absolute atomic E-state index is 13.2. The molecule has 2 aromatic rings. The van der Waals surface area contributed by atoms with E-state index < -0.39 is 15.8 Å². The van der Waals surface area contributed by atoms with Gasteiger partial charge in [0.1, 0.15) is 5.82 Å². The van der Waals surface area contributed by atoms with E-state index in [9.17, 15) is 17.6 Å². The number of benzene rings is 1. The van der Waals surface area contributed by atoms with Gasteiger partial charge in [-0.1, -0.05) is 0 Å². The van der Waals surface area contributed by atoms with Gasteiger partial charge in [-0.05, 0) is 49.2 Å². The van der Waals surface area contributed by atoms with Crippen molar-refractivity contribution >= 4 is 15.9 Å². The summed E-state index contributed by atoms with van der Waals surface area (Å²) in [5, 5.41) is 0. The van der Waals surface area contributed by atoms with Crippen LogP contribution in [0, 0.1) is 5.82 Å². The molecule has 1 amide bonds. The molecule has 0 saturated carbocycles. The van der Waals surface area contributed by atoms with E-state index in [-0.39, 0.29) is 23.3 Å². The zero-order chi connectivity index (χ0) is 21.1. The molecular formula is C21H24FN3O4S. The molecule has 1 aromatic heterocycles. The van der Waals surface area contributed by atoms with Crippen molar-refractivity contribution < 1.29 is 22.3 Å². The number of piperidine rings is 1.